The molecule has 0 saturated heterocycles. The Hall–Kier alpha value is -3.22. The summed E-state index contributed by atoms with van der Waals surface area (Å²) in [4.78, 5) is 5.63. The molecule has 1 aliphatic carbocycles. The fourth-order valence-electron chi connectivity index (χ4n) is 3.34. The predicted octanol–water partition coefficient (Wildman–Crippen LogP) is 2.77. The van der Waals surface area contributed by atoms with Crippen LogP contribution in [-0.2, 0) is 9.57 Å². The molecule has 3 aliphatic rings. The van der Waals surface area contributed by atoms with Gasteiger partial charge >= 0.3 is 0 Å². The van der Waals surface area contributed by atoms with E-state index in [1.54, 1.807) is 5.01 Å². The van der Waals surface area contributed by atoms with Crippen molar-refractivity contribution in [2.45, 2.75) is 19.3 Å². The minimum atomic E-state index is 0.0561. The minimum Gasteiger partial charge on any atom is -0.466 e. The van der Waals surface area contributed by atoms with Gasteiger partial charge in [-0.05, 0) is 24.8 Å². The molecule has 136 valence electrons. The lowest BCUT2D eigenvalue weighted by Gasteiger charge is -2.36. The Balaban J connectivity index is 1.70. The molecule has 1 aromatic carbocycles. The van der Waals surface area contributed by atoms with Crippen LogP contribution in [0.1, 0.15) is 24.8 Å². The van der Waals surface area contributed by atoms with Crippen LogP contribution in [0.15, 0.2) is 52.4 Å². The minimum absolute atomic E-state index is 0.0561. The number of hydrogen-bond acceptors (Lipinski definition) is 6. The van der Waals surface area contributed by atoms with Gasteiger partial charge in [0.05, 0.1) is 5.92 Å². The topological polar surface area (TPSA) is 49.7 Å². The van der Waals surface area contributed by atoms with Gasteiger partial charge in [-0.15, -0.1) is 28.2 Å². The second-order valence-electron chi connectivity index (χ2n) is 6.52. The lowest BCUT2D eigenvalue weighted by molar-refractivity contribution is -0.121. The maximum Gasteiger partial charge on any atom is 0.215 e. The van der Waals surface area contributed by atoms with E-state index >= 15 is 0 Å². The molecule has 1 aromatic rings. The van der Waals surface area contributed by atoms with Crippen LogP contribution in [0.2, 0.25) is 0 Å². The number of terminal acetylenes is 2. The second-order valence-corrected chi connectivity index (χ2v) is 6.52. The molecule has 0 aromatic heterocycles. The van der Waals surface area contributed by atoms with Crippen LogP contribution < -0.4 is 0 Å². The van der Waals surface area contributed by atoms with Gasteiger partial charge in [0.1, 0.15) is 13.2 Å². The Morgan fingerprint density at radius 3 is 2.52 bits per heavy atom. The molecule has 1 saturated carbocycles. The summed E-state index contributed by atoms with van der Waals surface area (Å²) < 4.78 is 5.79. The summed E-state index contributed by atoms with van der Waals surface area (Å²) in [5.41, 5.74) is 0.914. The number of fused-ring (bicyclic) bond motifs is 1. The summed E-state index contributed by atoms with van der Waals surface area (Å²) in [6.07, 6.45) is 16.3. The van der Waals surface area contributed by atoms with E-state index in [-0.39, 0.29) is 19.1 Å². The highest BCUT2D eigenvalue weighted by Gasteiger charge is 2.41. The monoisotopic (exact) mass is 360 g/mol. The highest BCUT2D eigenvalue weighted by Crippen LogP contribution is 2.40. The van der Waals surface area contributed by atoms with Crippen molar-refractivity contribution >= 4 is 11.7 Å². The van der Waals surface area contributed by atoms with Gasteiger partial charge in [0.25, 0.3) is 0 Å². The smallest absolute Gasteiger partial charge is 0.215 e. The van der Waals surface area contributed by atoms with Crippen molar-refractivity contribution in [3.8, 4) is 24.7 Å². The van der Waals surface area contributed by atoms with E-state index in [2.05, 4.69) is 23.0 Å². The molecule has 0 bridgehead atoms. The van der Waals surface area contributed by atoms with Crippen molar-refractivity contribution in [3.63, 3.8) is 0 Å². The SMILES string of the molecule is C#CCOC1=NN2C(=CC1C1CCC1)N(OCC#C)N=C2c1ccccc1. The van der Waals surface area contributed by atoms with Crippen LogP contribution in [-0.4, -0.2) is 35.1 Å². The first kappa shape index (κ1) is 17.2. The summed E-state index contributed by atoms with van der Waals surface area (Å²) in [5.74, 6) is 7.55. The van der Waals surface area contributed by atoms with Gasteiger partial charge in [0.2, 0.25) is 5.90 Å². The second kappa shape index (κ2) is 7.57. The Kier molecular flexibility index (Phi) is 4.82. The normalized spacial score (nSPS) is 21.3. The zero-order valence-corrected chi connectivity index (χ0v) is 14.9. The van der Waals surface area contributed by atoms with Crippen molar-refractivity contribution in [3.05, 3.63) is 47.8 Å². The summed E-state index contributed by atoms with van der Waals surface area (Å²) >= 11 is 0. The van der Waals surface area contributed by atoms with E-state index in [0.717, 1.165) is 24.2 Å². The average molecular weight is 360 g/mol. The van der Waals surface area contributed by atoms with Crippen LogP contribution in [0, 0.1) is 36.5 Å². The Bertz CT molecular complexity index is 872. The first-order chi connectivity index (χ1) is 13.3. The fraction of sp³-hybridized carbons (Fsp3) is 0.333. The molecule has 0 spiro atoms. The summed E-state index contributed by atoms with van der Waals surface area (Å²) in [5, 5.41) is 12.5. The van der Waals surface area contributed by atoms with E-state index < -0.39 is 0 Å². The first-order valence-corrected chi connectivity index (χ1v) is 8.99. The zero-order chi connectivity index (χ0) is 18.6. The first-order valence-electron chi connectivity index (χ1n) is 8.99. The Morgan fingerprint density at radius 2 is 1.85 bits per heavy atom. The molecular formula is C21H20N4O2. The van der Waals surface area contributed by atoms with Gasteiger partial charge in [-0.1, -0.05) is 48.6 Å². The molecule has 6 heteroatoms. The highest BCUT2D eigenvalue weighted by atomic mass is 16.7. The predicted molar refractivity (Wildman–Crippen MR) is 103 cm³/mol. The molecule has 0 amide bonds. The number of amidine groups is 1. The highest BCUT2D eigenvalue weighted by molar-refractivity contribution is 6.02. The fourth-order valence-corrected chi connectivity index (χ4v) is 3.34. The van der Waals surface area contributed by atoms with E-state index in [4.69, 9.17) is 27.5 Å². The molecule has 1 unspecified atom stereocenters. The lowest BCUT2D eigenvalue weighted by atomic mass is 9.75. The number of nitrogens with zero attached hydrogens (tertiary/aromatic N) is 4. The maximum absolute atomic E-state index is 5.79. The third-order valence-electron chi connectivity index (χ3n) is 4.87. The molecule has 6 nitrogen and oxygen atoms in total. The Morgan fingerprint density at radius 1 is 1.07 bits per heavy atom. The third kappa shape index (κ3) is 3.28. The van der Waals surface area contributed by atoms with Crippen molar-refractivity contribution < 1.29 is 9.57 Å². The molecule has 2 aliphatic heterocycles. The van der Waals surface area contributed by atoms with Gasteiger partial charge in [0.15, 0.2) is 11.7 Å². The largest absolute Gasteiger partial charge is 0.466 e. The van der Waals surface area contributed by atoms with Crippen molar-refractivity contribution in [1.82, 2.24) is 10.2 Å². The molecular weight excluding hydrogens is 340 g/mol. The molecule has 1 fully saturated rings. The van der Waals surface area contributed by atoms with Crippen LogP contribution >= 0.6 is 0 Å². The molecule has 0 N–H and O–H groups in total. The van der Waals surface area contributed by atoms with Crippen LogP contribution in [0.3, 0.4) is 0 Å². The Labute approximate surface area is 159 Å². The number of rotatable bonds is 5. The number of hydrazone groups is 2. The molecule has 0 radical (unpaired) electrons. The van der Waals surface area contributed by atoms with Gasteiger partial charge in [-0.3, -0.25) is 0 Å². The quantitative estimate of drug-likeness (QED) is 0.758. The van der Waals surface area contributed by atoms with Gasteiger partial charge in [-0.2, -0.15) is 5.01 Å². The molecule has 1 atom stereocenters. The van der Waals surface area contributed by atoms with E-state index in [9.17, 15) is 0 Å². The number of hydroxylamine groups is 1. The molecule has 27 heavy (non-hydrogen) atoms. The third-order valence-corrected chi connectivity index (χ3v) is 4.87. The van der Waals surface area contributed by atoms with E-state index in [1.165, 1.54) is 11.6 Å². The van der Waals surface area contributed by atoms with Crippen molar-refractivity contribution in [2.75, 3.05) is 13.2 Å². The van der Waals surface area contributed by atoms with Gasteiger partial charge < -0.3 is 4.74 Å². The molecule has 2 heterocycles. The van der Waals surface area contributed by atoms with E-state index in [1.807, 2.05) is 30.3 Å². The summed E-state index contributed by atoms with van der Waals surface area (Å²) in [6.45, 7) is 0.309. The average Bonchev–Trinajstić information content (AvgIpc) is 3.01. The standard InChI is InChI=1S/C21H20N4O2/c1-3-13-26-21-18(16-11-8-12-16)15-19-24(23-21)20(17-9-6-5-7-10-17)22-25(19)27-14-4-2/h1-2,5-7,9-10,15-16,18H,8,11-14H2. The van der Waals surface area contributed by atoms with Crippen LogP contribution in [0.5, 0.6) is 0 Å². The van der Waals surface area contributed by atoms with Gasteiger partial charge in [0, 0.05) is 5.56 Å². The van der Waals surface area contributed by atoms with Crippen molar-refractivity contribution in [2.24, 2.45) is 22.0 Å². The van der Waals surface area contributed by atoms with Crippen molar-refractivity contribution in [1.29, 1.82) is 0 Å². The maximum atomic E-state index is 5.79. The zero-order valence-electron chi connectivity index (χ0n) is 14.9. The van der Waals surface area contributed by atoms with E-state index in [0.29, 0.717) is 17.7 Å². The lowest BCUT2D eigenvalue weighted by Crippen LogP contribution is -2.38. The number of hydrogen-bond donors (Lipinski definition) is 0. The number of benzene rings is 1. The van der Waals surface area contributed by atoms with Crippen LogP contribution in [0.25, 0.3) is 0 Å². The van der Waals surface area contributed by atoms with Crippen LogP contribution in [0.4, 0.5) is 0 Å². The summed E-state index contributed by atoms with van der Waals surface area (Å²) in [7, 11) is 0. The number of ether oxygens (including phenoxy) is 1. The van der Waals surface area contributed by atoms with Gasteiger partial charge in [-0.25, -0.2) is 4.84 Å². The summed E-state index contributed by atoms with van der Waals surface area (Å²) in [6, 6.07) is 9.79. The molecule has 4 rings (SSSR count).